The van der Waals surface area contributed by atoms with Crippen molar-refractivity contribution in [3.05, 3.63) is 46.6 Å². The second-order valence-corrected chi connectivity index (χ2v) is 11.8. The molecule has 4 rings (SSSR count). The van der Waals surface area contributed by atoms with E-state index in [4.69, 9.17) is 9.72 Å². The number of imidazole rings is 1. The number of nitrogens with one attached hydrogen (secondary N) is 1. The van der Waals surface area contributed by atoms with Crippen LogP contribution in [0.2, 0.25) is 0 Å². The molecule has 0 aliphatic carbocycles. The van der Waals surface area contributed by atoms with Crippen molar-refractivity contribution >= 4 is 17.2 Å². The molecular weight excluding hydrogens is 446 g/mol. The smallest absolute Gasteiger partial charge is 0.287 e. The summed E-state index contributed by atoms with van der Waals surface area (Å²) < 4.78 is 7.78. The molecular formula is C27H35N3O3S. The molecule has 0 fully saturated rings. The minimum absolute atomic E-state index is 0.0118. The summed E-state index contributed by atoms with van der Waals surface area (Å²) in [4.78, 5) is 19.1. The molecule has 34 heavy (non-hydrogen) atoms. The molecule has 0 saturated carbocycles. The molecule has 7 heteroatoms. The minimum atomic E-state index is -0.761. The summed E-state index contributed by atoms with van der Waals surface area (Å²) >= 11 is 1.63. The van der Waals surface area contributed by atoms with Crippen LogP contribution in [0.3, 0.4) is 0 Å². The van der Waals surface area contributed by atoms with Crippen molar-refractivity contribution in [2.75, 3.05) is 13.7 Å². The van der Waals surface area contributed by atoms with Gasteiger partial charge in [-0.25, -0.2) is 4.98 Å². The highest BCUT2D eigenvalue weighted by molar-refractivity contribution is 7.13. The highest BCUT2D eigenvalue weighted by Crippen LogP contribution is 2.42. The lowest BCUT2D eigenvalue weighted by atomic mass is 9.91. The van der Waals surface area contributed by atoms with Crippen LogP contribution in [0.1, 0.15) is 62.8 Å². The first kappa shape index (κ1) is 24.5. The maximum Gasteiger partial charge on any atom is 0.287 e. The molecule has 1 aromatic carbocycles. The number of rotatable bonds is 7. The van der Waals surface area contributed by atoms with Crippen molar-refractivity contribution < 1.29 is 14.6 Å². The van der Waals surface area contributed by atoms with Crippen LogP contribution in [0.4, 0.5) is 0 Å². The van der Waals surface area contributed by atoms with Crippen molar-refractivity contribution in [1.29, 1.82) is 0 Å². The summed E-state index contributed by atoms with van der Waals surface area (Å²) in [5.41, 5.74) is 4.38. The lowest BCUT2D eigenvalue weighted by Crippen LogP contribution is -2.34. The van der Waals surface area contributed by atoms with E-state index in [1.165, 1.54) is 5.56 Å². The van der Waals surface area contributed by atoms with Gasteiger partial charge in [0.25, 0.3) is 5.91 Å². The number of hydrogen-bond donors (Lipinski definition) is 2. The predicted molar refractivity (Wildman–Crippen MR) is 138 cm³/mol. The van der Waals surface area contributed by atoms with Crippen molar-refractivity contribution in [3.63, 3.8) is 0 Å². The van der Waals surface area contributed by atoms with Gasteiger partial charge in [0.2, 0.25) is 0 Å². The van der Waals surface area contributed by atoms with Gasteiger partial charge in [-0.05, 0) is 73.2 Å². The Morgan fingerprint density at radius 1 is 1.26 bits per heavy atom. The molecule has 0 bridgehead atoms. The van der Waals surface area contributed by atoms with Gasteiger partial charge in [0.05, 0.1) is 23.3 Å². The number of benzene rings is 1. The third-order valence-corrected chi connectivity index (χ3v) is 6.95. The van der Waals surface area contributed by atoms with Crippen LogP contribution >= 0.6 is 11.3 Å². The summed E-state index contributed by atoms with van der Waals surface area (Å²) in [6.07, 6.45) is 2.12. The Hall–Kier alpha value is -2.64. The minimum Gasteiger partial charge on any atom is -0.496 e. The van der Waals surface area contributed by atoms with Gasteiger partial charge in [0, 0.05) is 18.7 Å². The van der Waals surface area contributed by atoms with Gasteiger partial charge in [-0.2, -0.15) is 0 Å². The van der Waals surface area contributed by atoms with E-state index >= 15 is 0 Å². The highest BCUT2D eigenvalue weighted by atomic mass is 32.1. The van der Waals surface area contributed by atoms with Crippen LogP contribution in [0.5, 0.6) is 5.75 Å². The number of hydrogen-bond acceptors (Lipinski definition) is 5. The van der Waals surface area contributed by atoms with Gasteiger partial charge in [0.1, 0.15) is 11.4 Å². The molecule has 3 heterocycles. The zero-order valence-electron chi connectivity index (χ0n) is 21.0. The molecule has 1 amide bonds. The normalized spacial score (nSPS) is 13.4. The summed E-state index contributed by atoms with van der Waals surface area (Å²) in [7, 11) is 1.69. The first-order chi connectivity index (χ1) is 16.0. The van der Waals surface area contributed by atoms with Crippen molar-refractivity contribution in [2.45, 2.75) is 66.0 Å². The van der Waals surface area contributed by atoms with E-state index < -0.39 is 5.60 Å². The summed E-state index contributed by atoms with van der Waals surface area (Å²) in [6.45, 7) is 11.2. The Bertz CT molecular complexity index is 1180. The third kappa shape index (κ3) is 5.20. The molecule has 1 aliphatic heterocycles. The number of carbonyl (C=O) groups is 1. The number of carbonyl (C=O) groups excluding carboxylic acids is 1. The molecule has 2 aromatic heterocycles. The zero-order chi connectivity index (χ0) is 24.7. The van der Waals surface area contributed by atoms with Crippen LogP contribution < -0.4 is 10.1 Å². The Kier molecular flexibility index (Phi) is 6.62. The van der Waals surface area contributed by atoms with Crippen molar-refractivity contribution in [2.24, 2.45) is 5.41 Å². The fraction of sp³-hybridized carbons (Fsp3) is 0.481. The number of aryl methyl sites for hydroxylation is 2. The van der Waals surface area contributed by atoms with Crippen LogP contribution in [0, 0.1) is 5.41 Å². The lowest BCUT2D eigenvalue weighted by Gasteiger charge is -2.24. The van der Waals surface area contributed by atoms with E-state index in [1.807, 2.05) is 25.3 Å². The Balaban J connectivity index is 1.83. The van der Waals surface area contributed by atoms with E-state index in [1.54, 1.807) is 18.4 Å². The molecule has 0 spiro atoms. The molecule has 3 aromatic rings. The van der Waals surface area contributed by atoms with Crippen LogP contribution in [-0.4, -0.2) is 39.8 Å². The average molecular weight is 482 g/mol. The standard InChI is InChI=1S/C27H35N3O3S/c1-26(2,3)16-28-25(31)24-29-22(21-8-7-13-34-21)23-19-14-18(9-11-27(4,5)32)20(33-6)15-17(19)10-12-30(23)24/h7-8,13-15,32H,9-12,16H2,1-6H3,(H,28,31). The van der Waals surface area contributed by atoms with E-state index in [0.717, 1.165) is 39.6 Å². The van der Waals surface area contributed by atoms with E-state index in [2.05, 4.69) is 48.9 Å². The predicted octanol–water partition coefficient (Wildman–Crippen LogP) is 5.32. The monoisotopic (exact) mass is 481 g/mol. The van der Waals surface area contributed by atoms with Crippen LogP contribution in [-0.2, 0) is 19.4 Å². The van der Waals surface area contributed by atoms with E-state index in [0.29, 0.717) is 31.8 Å². The summed E-state index contributed by atoms with van der Waals surface area (Å²) in [5, 5.41) is 15.4. The third-order valence-electron chi connectivity index (χ3n) is 6.08. The maximum atomic E-state index is 13.2. The first-order valence-corrected chi connectivity index (χ1v) is 12.7. The quantitative estimate of drug-likeness (QED) is 0.479. The number of fused-ring (bicyclic) bond motifs is 3. The molecule has 0 saturated heterocycles. The van der Waals surface area contributed by atoms with Crippen molar-refractivity contribution in [1.82, 2.24) is 14.9 Å². The van der Waals surface area contributed by atoms with Crippen LogP contribution in [0.25, 0.3) is 21.8 Å². The Morgan fingerprint density at radius 3 is 2.65 bits per heavy atom. The number of amides is 1. The van der Waals surface area contributed by atoms with Gasteiger partial charge < -0.3 is 19.7 Å². The number of nitrogens with zero attached hydrogens (tertiary/aromatic N) is 2. The number of thiophene rings is 1. The molecule has 1 aliphatic rings. The summed E-state index contributed by atoms with van der Waals surface area (Å²) in [5.74, 6) is 1.16. The van der Waals surface area contributed by atoms with Crippen molar-refractivity contribution in [3.8, 4) is 27.6 Å². The number of methoxy groups -OCH3 is 1. The van der Waals surface area contributed by atoms with Gasteiger partial charge in [-0.1, -0.05) is 26.8 Å². The van der Waals surface area contributed by atoms with E-state index in [9.17, 15) is 9.90 Å². The number of aliphatic hydroxyl groups is 1. The average Bonchev–Trinajstić information content (AvgIpc) is 3.42. The van der Waals surface area contributed by atoms with Gasteiger partial charge in [-0.15, -0.1) is 11.3 Å². The number of aromatic nitrogens is 2. The second-order valence-electron chi connectivity index (χ2n) is 10.9. The molecule has 0 atom stereocenters. The molecule has 0 unspecified atom stereocenters. The molecule has 182 valence electrons. The Morgan fingerprint density at radius 2 is 2.03 bits per heavy atom. The van der Waals surface area contributed by atoms with Gasteiger partial charge in [-0.3, -0.25) is 4.79 Å². The van der Waals surface area contributed by atoms with Gasteiger partial charge in [0.15, 0.2) is 5.82 Å². The zero-order valence-corrected chi connectivity index (χ0v) is 21.8. The van der Waals surface area contributed by atoms with E-state index in [-0.39, 0.29) is 11.3 Å². The number of ether oxygens (including phenoxy) is 1. The molecule has 2 N–H and O–H groups in total. The fourth-order valence-corrected chi connectivity index (χ4v) is 4.99. The topological polar surface area (TPSA) is 76.4 Å². The fourth-order valence-electron chi connectivity index (χ4n) is 4.28. The highest BCUT2D eigenvalue weighted by Gasteiger charge is 2.30. The molecule has 6 nitrogen and oxygen atoms in total. The van der Waals surface area contributed by atoms with Crippen LogP contribution in [0.15, 0.2) is 29.6 Å². The Labute approximate surface area is 206 Å². The lowest BCUT2D eigenvalue weighted by molar-refractivity contribution is 0.0712. The SMILES string of the molecule is COc1cc2c(cc1CCC(C)(C)O)-c1c(-c3cccs3)nc(C(=O)NCC(C)(C)C)n1CC2. The second kappa shape index (κ2) is 9.19. The summed E-state index contributed by atoms with van der Waals surface area (Å²) in [6, 6.07) is 8.35. The maximum absolute atomic E-state index is 13.2. The molecule has 0 radical (unpaired) electrons. The largest absolute Gasteiger partial charge is 0.496 e. The van der Waals surface area contributed by atoms with Gasteiger partial charge >= 0.3 is 0 Å². The first-order valence-electron chi connectivity index (χ1n) is 11.8.